The van der Waals surface area contributed by atoms with Gasteiger partial charge in [-0.2, -0.15) is 5.10 Å². The predicted octanol–water partition coefficient (Wildman–Crippen LogP) is 3.42. The first-order valence-electron chi connectivity index (χ1n) is 11.1. The van der Waals surface area contributed by atoms with Crippen molar-refractivity contribution >= 4 is 11.8 Å². The molecule has 2 amide bonds. The van der Waals surface area contributed by atoms with Crippen molar-refractivity contribution in [3.8, 4) is 11.5 Å². The van der Waals surface area contributed by atoms with E-state index >= 15 is 0 Å². The Labute approximate surface area is 191 Å². The number of para-hydroxylation sites is 1. The van der Waals surface area contributed by atoms with Crippen molar-refractivity contribution < 1.29 is 14.0 Å². The van der Waals surface area contributed by atoms with Crippen molar-refractivity contribution in [3.63, 3.8) is 0 Å². The zero-order valence-electron chi connectivity index (χ0n) is 18.1. The average molecular weight is 444 g/mol. The number of carbonyl (C=O) groups excluding carboxylic acids is 2. The van der Waals surface area contributed by atoms with Crippen molar-refractivity contribution in [1.29, 1.82) is 0 Å². The van der Waals surface area contributed by atoms with Crippen molar-refractivity contribution in [2.24, 2.45) is 5.92 Å². The highest BCUT2D eigenvalue weighted by atomic mass is 16.3. The Bertz CT molecular complexity index is 1210. The van der Waals surface area contributed by atoms with Crippen LogP contribution in [0.4, 0.5) is 0 Å². The Hall–Kier alpha value is -4.07. The quantitative estimate of drug-likeness (QED) is 0.495. The van der Waals surface area contributed by atoms with Crippen molar-refractivity contribution in [2.75, 3.05) is 13.1 Å². The number of hydrogen-bond donors (Lipinski definition) is 1. The predicted molar refractivity (Wildman–Crippen MR) is 122 cm³/mol. The van der Waals surface area contributed by atoms with Crippen LogP contribution in [0.3, 0.4) is 0 Å². The molecular weight excluding hydrogens is 418 g/mol. The normalized spacial score (nSPS) is 16.0. The van der Waals surface area contributed by atoms with Gasteiger partial charge in [0.05, 0.1) is 30.6 Å². The summed E-state index contributed by atoms with van der Waals surface area (Å²) in [4.78, 5) is 28.1. The summed E-state index contributed by atoms with van der Waals surface area (Å²) >= 11 is 0. The molecule has 0 spiro atoms. The number of nitrogens with zero attached hydrogens (tertiary/aromatic N) is 4. The van der Waals surface area contributed by atoms with Crippen LogP contribution in [0, 0.1) is 5.92 Å². The molecule has 1 saturated heterocycles. The Morgan fingerprint density at radius 1 is 1.06 bits per heavy atom. The van der Waals surface area contributed by atoms with Gasteiger partial charge in [0, 0.05) is 25.5 Å². The molecule has 0 aliphatic carbocycles. The highest BCUT2D eigenvalue weighted by molar-refractivity contribution is 5.97. The number of rotatable bonds is 6. The van der Waals surface area contributed by atoms with E-state index in [0.717, 1.165) is 18.5 Å². The fraction of sp³-hybridized carbons (Fsp3) is 0.240. The third-order valence-corrected chi connectivity index (χ3v) is 5.92. The van der Waals surface area contributed by atoms with E-state index in [9.17, 15) is 9.59 Å². The first-order chi connectivity index (χ1) is 16.2. The van der Waals surface area contributed by atoms with Gasteiger partial charge in [0.25, 0.3) is 5.91 Å². The molecule has 33 heavy (non-hydrogen) atoms. The number of amides is 2. The van der Waals surface area contributed by atoms with Gasteiger partial charge in [-0.05, 0) is 49.2 Å². The molecule has 8 nitrogen and oxygen atoms in total. The lowest BCUT2D eigenvalue weighted by Crippen LogP contribution is -2.45. The molecular formula is C25H25N5O3. The van der Waals surface area contributed by atoms with Crippen molar-refractivity contribution in [3.05, 3.63) is 90.8 Å². The first kappa shape index (κ1) is 20.8. The minimum Gasteiger partial charge on any atom is -0.467 e. The first-order valence-corrected chi connectivity index (χ1v) is 11.1. The van der Waals surface area contributed by atoms with Crippen LogP contribution in [0.5, 0.6) is 0 Å². The minimum atomic E-state index is -0.253. The van der Waals surface area contributed by atoms with Crippen LogP contribution >= 0.6 is 0 Å². The van der Waals surface area contributed by atoms with Gasteiger partial charge in [-0.25, -0.2) is 4.68 Å². The molecule has 8 heteroatoms. The Morgan fingerprint density at radius 2 is 1.88 bits per heavy atom. The van der Waals surface area contributed by atoms with Crippen LogP contribution in [0.2, 0.25) is 0 Å². The smallest absolute Gasteiger partial charge is 0.259 e. The lowest BCUT2D eigenvalue weighted by molar-refractivity contribution is -0.126. The summed E-state index contributed by atoms with van der Waals surface area (Å²) in [5, 5.41) is 7.45. The second-order valence-electron chi connectivity index (χ2n) is 8.11. The van der Waals surface area contributed by atoms with Gasteiger partial charge in [0.1, 0.15) is 11.3 Å². The molecule has 1 atom stereocenters. The highest BCUT2D eigenvalue weighted by Gasteiger charge is 2.31. The Kier molecular flexibility index (Phi) is 5.80. The van der Waals surface area contributed by atoms with E-state index in [-0.39, 0.29) is 17.7 Å². The van der Waals surface area contributed by atoms with E-state index in [1.54, 1.807) is 28.1 Å². The van der Waals surface area contributed by atoms with Crippen LogP contribution in [0.15, 0.2) is 83.9 Å². The van der Waals surface area contributed by atoms with Crippen LogP contribution in [0.25, 0.3) is 11.5 Å². The number of benzene rings is 1. The van der Waals surface area contributed by atoms with Crippen LogP contribution in [-0.2, 0) is 11.3 Å². The van der Waals surface area contributed by atoms with Gasteiger partial charge >= 0.3 is 0 Å². The zero-order valence-corrected chi connectivity index (χ0v) is 18.1. The Morgan fingerprint density at radius 3 is 2.64 bits per heavy atom. The molecule has 4 aromatic rings. The topological polar surface area (TPSA) is 85.3 Å². The largest absolute Gasteiger partial charge is 0.467 e. The van der Waals surface area contributed by atoms with Gasteiger partial charge in [-0.15, -0.1) is 0 Å². The molecule has 168 valence electrons. The summed E-state index contributed by atoms with van der Waals surface area (Å²) in [6.07, 6.45) is 8.52. The molecule has 1 fully saturated rings. The summed E-state index contributed by atoms with van der Waals surface area (Å²) < 4.78 is 8.95. The number of piperidine rings is 1. The lowest BCUT2D eigenvalue weighted by atomic mass is 9.96. The number of aromatic nitrogens is 3. The van der Waals surface area contributed by atoms with E-state index in [1.165, 1.54) is 0 Å². The van der Waals surface area contributed by atoms with Crippen LogP contribution < -0.4 is 5.32 Å². The van der Waals surface area contributed by atoms with Gasteiger partial charge in [-0.3, -0.25) is 9.59 Å². The maximum Gasteiger partial charge on any atom is 0.259 e. The molecule has 1 N–H and O–H groups in total. The molecule has 0 bridgehead atoms. The number of likely N-dealkylation sites (tertiary alicyclic amines) is 1. The lowest BCUT2D eigenvalue weighted by Gasteiger charge is -2.32. The third kappa shape index (κ3) is 4.32. The van der Waals surface area contributed by atoms with Gasteiger partial charge in [0.2, 0.25) is 5.91 Å². The average Bonchev–Trinajstić information content (AvgIpc) is 3.64. The van der Waals surface area contributed by atoms with Crippen molar-refractivity contribution in [1.82, 2.24) is 24.6 Å². The Balaban J connectivity index is 1.37. The summed E-state index contributed by atoms with van der Waals surface area (Å²) in [7, 11) is 0. The summed E-state index contributed by atoms with van der Waals surface area (Å²) in [5.74, 6) is 0.952. The van der Waals surface area contributed by atoms with Crippen LogP contribution in [-0.4, -0.2) is 44.2 Å². The molecule has 1 aliphatic rings. The maximum atomic E-state index is 13.6. The molecule has 5 rings (SSSR count). The fourth-order valence-electron chi connectivity index (χ4n) is 4.25. The zero-order chi connectivity index (χ0) is 22.6. The van der Waals surface area contributed by atoms with E-state index in [0.29, 0.717) is 36.8 Å². The number of nitrogens with one attached hydrogen (secondary N) is 1. The van der Waals surface area contributed by atoms with Gasteiger partial charge in [0.15, 0.2) is 5.82 Å². The summed E-state index contributed by atoms with van der Waals surface area (Å²) in [6.45, 7) is 1.34. The monoisotopic (exact) mass is 443 g/mol. The third-order valence-electron chi connectivity index (χ3n) is 5.92. The van der Waals surface area contributed by atoms with E-state index < -0.39 is 0 Å². The minimum absolute atomic E-state index is 0.0606. The second kappa shape index (κ2) is 9.20. The second-order valence-corrected chi connectivity index (χ2v) is 8.11. The molecule has 0 saturated carbocycles. The van der Waals surface area contributed by atoms with Crippen LogP contribution in [0.1, 0.15) is 29.0 Å². The van der Waals surface area contributed by atoms with E-state index in [2.05, 4.69) is 10.4 Å². The standard InChI is InChI=1S/C25H25N5O3/c31-23(26-16-21-11-7-15-33-21)19-8-6-14-29(18-19)25(32)22-17-27-30(20-9-2-1-3-10-20)24(22)28-12-4-5-13-28/h1-5,7,9-13,15,17,19H,6,8,14,16,18H2,(H,26,31). The van der Waals surface area contributed by atoms with E-state index in [1.807, 2.05) is 65.5 Å². The number of hydrogen-bond acceptors (Lipinski definition) is 4. The molecule has 1 aliphatic heterocycles. The summed E-state index contributed by atoms with van der Waals surface area (Å²) in [5.41, 5.74) is 1.38. The van der Waals surface area contributed by atoms with Gasteiger partial charge < -0.3 is 19.2 Å². The maximum absolute atomic E-state index is 13.6. The molecule has 3 aromatic heterocycles. The van der Waals surface area contributed by atoms with Crippen molar-refractivity contribution in [2.45, 2.75) is 19.4 Å². The van der Waals surface area contributed by atoms with E-state index in [4.69, 9.17) is 4.42 Å². The molecule has 1 aromatic carbocycles. The molecule has 0 radical (unpaired) electrons. The molecule has 1 unspecified atom stereocenters. The molecule has 4 heterocycles. The summed E-state index contributed by atoms with van der Waals surface area (Å²) in [6, 6.07) is 17.2. The number of carbonyl (C=O) groups is 2. The highest BCUT2D eigenvalue weighted by Crippen LogP contribution is 2.24. The fourth-order valence-corrected chi connectivity index (χ4v) is 4.25. The van der Waals surface area contributed by atoms with Gasteiger partial charge in [-0.1, -0.05) is 18.2 Å². The SMILES string of the molecule is O=C(NCc1ccco1)C1CCCN(C(=O)c2cnn(-c3ccccc3)c2-n2cccc2)C1. The number of furan rings is 1.